The highest BCUT2D eigenvalue weighted by Gasteiger charge is 2.13. The van der Waals surface area contributed by atoms with E-state index in [1.54, 1.807) is 36.4 Å². The number of aryl methyl sites for hydroxylation is 1. The Balaban J connectivity index is 1.29. The van der Waals surface area contributed by atoms with Crippen molar-refractivity contribution in [1.29, 1.82) is 0 Å². The summed E-state index contributed by atoms with van der Waals surface area (Å²) < 4.78 is 12.5. The number of nitrogens with zero attached hydrogens (tertiary/aromatic N) is 1. The molecule has 35 heavy (non-hydrogen) atoms. The molecule has 174 valence electrons. The number of aromatic nitrogens is 1. The molecule has 0 saturated heterocycles. The smallest absolute Gasteiger partial charge is 0.248 e. The Labute approximate surface area is 219 Å². The first-order chi connectivity index (χ1) is 16.9. The van der Waals surface area contributed by atoms with Gasteiger partial charge in [-0.3, -0.25) is 4.79 Å². The number of oxazole rings is 1. The number of benzene rings is 3. The van der Waals surface area contributed by atoms with Crippen molar-refractivity contribution in [2.75, 3.05) is 5.32 Å². The van der Waals surface area contributed by atoms with Crippen molar-refractivity contribution in [2.45, 2.75) is 6.92 Å². The van der Waals surface area contributed by atoms with E-state index in [0.29, 0.717) is 49.8 Å². The average Bonchev–Trinajstić information content (AvgIpc) is 3.48. The third-order valence-electron chi connectivity index (χ3n) is 5.30. The molecule has 5 rings (SSSR count). The standard InChI is InChI=1S/C27H17BrCl2N2O3/c1-15-2-3-16(12-22(15)30)24-10-6-19(34-24)7-11-26(33)31-18-5-9-25-23(14-18)32-27(35-25)20-13-17(28)4-8-21(20)29/h2-14H,1H3,(H,31,33). The molecule has 0 aliphatic rings. The van der Waals surface area contributed by atoms with E-state index >= 15 is 0 Å². The largest absolute Gasteiger partial charge is 0.457 e. The van der Waals surface area contributed by atoms with Crippen molar-refractivity contribution in [2.24, 2.45) is 0 Å². The maximum absolute atomic E-state index is 12.5. The van der Waals surface area contributed by atoms with E-state index in [4.69, 9.17) is 32.0 Å². The molecule has 3 aromatic carbocycles. The van der Waals surface area contributed by atoms with E-state index in [1.165, 1.54) is 6.08 Å². The molecule has 0 bridgehead atoms. The minimum atomic E-state index is -0.306. The first kappa shape index (κ1) is 23.4. The summed E-state index contributed by atoms with van der Waals surface area (Å²) in [6.45, 7) is 1.94. The fraction of sp³-hybridized carbons (Fsp3) is 0.0370. The van der Waals surface area contributed by atoms with E-state index in [0.717, 1.165) is 15.6 Å². The number of furan rings is 1. The molecule has 5 aromatic rings. The maximum atomic E-state index is 12.5. The lowest BCUT2D eigenvalue weighted by Crippen LogP contribution is -2.07. The summed E-state index contributed by atoms with van der Waals surface area (Å²) in [4.78, 5) is 17.0. The average molecular weight is 568 g/mol. The molecular formula is C27H17BrCl2N2O3. The molecule has 0 spiro atoms. The molecule has 1 amide bonds. The third-order valence-corrected chi connectivity index (χ3v) is 6.53. The van der Waals surface area contributed by atoms with Crippen LogP contribution in [0.1, 0.15) is 11.3 Å². The molecule has 0 aliphatic carbocycles. The van der Waals surface area contributed by atoms with Crippen molar-refractivity contribution in [3.05, 3.63) is 98.6 Å². The summed E-state index contributed by atoms with van der Waals surface area (Å²) >= 11 is 15.9. The number of hydrogen-bond acceptors (Lipinski definition) is 4. The Kier molecular flexibility index (Phi) is 6.52. The van der Waals surface area contributed by atoms with Crippen LogP contribution in [-0.4, -0.2) is 10.9 Å². The molecule has 2 heterocycles. The molecule has 0 unspecified atom stereocenters. The lowest BCUT2D eigenvalue weighted by atomic mass is 10.1. The Morgan fingerprint density at radius 2 is 1.83 bits per heavy atom. The number of amides is 1. The summed E-state index contributed by atoms with van der Waals surface area (Å²) in [5.74, 6) is 1.32. The second-order valence-corrected chi connectivity index (χ2v) is 9.54. The summed E-state index contributed by atoms with van der Waals surface area (Å²) in [6, 6.07) is 20.1. The number of carbonyl (C=O) groups is 1. The topological polar surface area (TPSA) is 68.3 Å². The Hall–Kier alpha value is -3.32. The first-order valence-corrected chi connectivity index (χ1v) is 12.1. The van der Waals surface area contributed by atoms with E-state index in [2.05, 4.69) is 26.2 Å². The van der Waals surface area contributed by atoms with Crippen LogP contribution in [0.5, 0.6) is 0 Å². The SMILES string of the molecule is Cc1ccc(-c2ccc(C=CC(=O)Nc3ccc4oc(-c5cc(Br)ccc5Cl)nc4c3)o2)cc1Cl. The minimum absolute atomic E-state index is 0.306. The highest BCUT2D eigenvalue weighted by atomic mass is 79.9. The van der Waals surface area contributed by atoms with Crippen molar-refractivity contribution in [3.63, 3.8) is 0 Å². The van der Waals surface area contributed by atoms with Gasteiger partial charge in [0.1, 0.15) is 17.0 Å². The van der Waals surface area contributed by atoms with Gasteiger partial charge in [-0.15, -0.1) is 0 Å². The van der Waals surface area contributed by atoms with Crippen LogP contribution in [0.25, 0.3) is 40.0 Å². The van der Waals surface area contributed by atoms with Crippen LogP contribution in [-0.2, 0) is 4.79 Å². The number of anilines is 1. The maximum Gasteiger partial charge on any atom is 0.248 e. The second-order valence-electron chi connectivity index (χ2n) is 7.81. The van der Waals surface area contributed by atoms with Crippen LogP contribution in [0.3, 0.4) is 0 Å². The molecule has 0 fully saturated rings. The molecule has 8 heteroatoms. The highest BCUT2D eigenvalue weighted by Crippen LogP contribution is 2.33. The minimum Gasteiger partial charge on any atom is -0.457 e. The van der Waals surface area contributed by atoms with E-state index in [9.17, 15) is 4.79 Å². The van der Waals surface area contributed by atoms with E-state index in [1.807, 2.05) is 43.3 Å². The number of hydrogen-bond donors (Lipinski definition) is 1. The molecule has 5 nitrogen and oxygen atoms in total. The van der Waals surface area contributed by atoms with Crippen molar-refractivity contribution in [1.82, 2.24) is 4.98 Å². The van der Waals surface area contributed by atoms with E-state index in [-0.39, 0.29) is 5.91 Å². The normalized spacial score (nSPS) is 11.4. The summed E-state index contributed by atoms with van der Waals surface area (Å²) in [5, 5.41) is 4.03. The van der Waals surface area contributed by atoms with Crippen LogP contribution in [0.2, 0.25) is 10.0 Å². The van der Waals surface area contributed by atoms with Gasteiger partial charge in [0.05, 0.1) is 10.6 Å². The fourth-order valence-corrected chi connectivity index (χ4v) is 4.21. The number of carbonyl (C=O) groups excluding carboxylic acids is 1. The summed E-state index contributed by atoms with van der Waals surface area (Å²) in [6.07, 6.45) is 3.01. The monoisotopic (exact) mass is 566 g/mol. The van der Waals surface area contributed by atoms with Gasteiger partial charge in [-0.25, -0.2) is 4.98 Å². The van der Waals surface area contributed by atoms with Crippen LogP contribution in [0.4, 0.5) is 5.69 Å². The third kappa shape index (κ3) is 5.20. The molecular weight excluding hydrogens is 551 g/mol. The predicted octanol–water partition coefficient (Wildman–Crippen LogP) is 8.78. The number of fused-ring (bicyclic) bond motifs is 1. The number of nitrogens with one attached hydrogen (secondary N) is 1. The zero-order chi connectivity index (χ0) is 24.5. The van der Waals surface area contributed by atoms with Crippen molar-refractivity contribution >= 4 is 67.9 Å². The molecule has 0 radical (unpaired) electrons. The van der Waals surface area contributed by atoms with Gasteiger partial charge in [-0.1, -0.05) is 51.3 Å². The Bertz CT molecular complexity index is 1600. The molecule has 0 saturated carbocycles. The predicted molar refractivity (Wildman–Crippen MR) is 144 cm³/mol. The van der Waals surface area contributed by atoms with Gasteiger partial charge in [0, 0.05) is 26.8 Å². The Morgan fingerprint density at radius 3 is 2.66 bits per heavy atom. The summed E-state index contributed by atoms with van der Waals surface area (Å²) in [5.41, 5.74) is 4.32. The van der Waals surface area contributed by atoms with Gasteiger partial charge < -0.3 is 14.2 Å². The van der Waals surface area contributed by atoms with Crippen LogP contribution in [0, 0.1) is 6.92 Å². The van der Waals surface area contributed by atoms with Gasteiger partial charge in [0.15, 0.2) is 5.58 Å². The lowest BCUT2D eigenvalue weighted by Gasteiger charge is -2.01. The van der Waals surface area contributed by atoms with Crippen molar-refractivity contribution < 1.29 is 13.6 Å². The van der Waals surface area contributed by atoms with Gasteiger partial charge in [0.2, 0.25) is 11.8 Å². The lowest BCUT2D eigenvalue weighted by molar-refractivity contribution is -0.111. The van der Waals surface area contributed by atoms with Crippen LogP contribution >= 0.6 is 39.1 Å². The molecule has 2 aromatic heterocycles. The molecule has 0 atom stereocenters. The van der Waals surface area contributed by atoms with Gasteiger partial charge in [-0.05, 0) is 73.2 Å². The van der Waals surface area contributed by atoms with Gasteiger partial charge in [-0.2, -0.15) is 0 Å². The van der Waals surface area contributed by atoms with E-state index < -0.39 is 0 Å². The molecule has 0 aliphatic heterocycles. The highest BCUT2D eigenvalue weighted by molar-refractivity contribution is 9.10. The first-order valence-electron chi connectivity index (χ1n) is 10.6. The van der Waals surface area contributed by atoms with Crippen molar-refractivity contribution in [3.8, 4) is 22.8 Å². The van der Waals surface area contributed by atoms with Gasteiger partial charge >= 0.3 is 0 Å². The second kappa shape index (κ2) is 9.74. The molecule has 1 N–H and O–H groups in total. The van der Waals surface area contributed by atoms with Gasteiger partial charge in [0.25, 0.3) is 0 Å². The quantitative estimate of drug-likeness (QED) is 0.215. The number of halogens is 3. The Morgan fingerprint density at radius 1 is 0.971 bits per heavy atom. The summed E-state index contributed by atoms with van der Waals surface area (Å²) in [7, 11) is 0. The number of rotatable bonds is 5. The zero-order valence-corrected chi connectivity index (χ0v) is 21.4. The van der Waals surface area contributed by atoms with Crippen LogP contribution in [0.15, 0.2) is 86.1 Å². The van der Waals surface area contributed by atoms with Crippen LogP contribution < -0.4 is 5.32 Å². The zero-order valence-electron chi connectivity index (χ0n) is 18.3. The fourth-order valence-electron chi connectivity index (χ4n) is 3.47.